The molecule has 1 rings (SSSR count). The van der Waals surface area contributed by atoms with Crippen LogP contribution in [0.15, 0.2) is 29.2 Å². The molecule has 0 spiro atoms. The van der Waals surface area contributed by atoms with Crippen molar-refractivity contribution in [3.8, 4) is 0 Å². The number of benzene rings is 1. The van der Waals surface area contributed by atoms with Crippen molar-refractivity contribution in [3.05, 3.63) is 29.8 Å². The number of aliphatic carboxylic acids is 1. The lowest BCUT2D eigenvalue weighted by molar-refractivity contribution is -0.138. The average molecular weight is 285 g/mol. The zero-order valence-electron chi connectivity index (χ0n) is 10.6. The first kappa shape index (κ1) is 15.2. The van der Waals surface area contributed by atoms with Gasteiger partial charge in [-0.1, -0.05) is 6.92 Å². The highest BCUT2D eigenvalue weighted by Gasteiger charge is 2.16. The number of hydrogen-bond acceptors (Lipinski definition) is 4. The largest absolute Gasteiger partial charge is 0.480 e. The molecule has 19 heavy (non-hydrogen) atoms. The summed E-state index contributed by atoms with van der Waals surface area (Å²) in [5, 5.41) is 10.9. The lowest BCUT2D eigenvalue weighted by atomic mass is 10.2. The molecule has 0 radical (unpaired) electrons. The van der Waals surface area contributed by atoms with Crippen LogP contribution in [0.1, 0.15) is 24.2 Å². The van der Waals surface area contributed by atoms with Crippen LogP contribution in [0.25, 0.3) is 0 Å². The maximum absolute atomic E-state index is 11.7. The fourth-order valence-corrected chi connectivity index (χ4v) is 2.21. The van der Waals surface area contributed by atoms with Gasteiger partial charge in [0.1, 0.15) is 6.04 Å². The Kier molecular flexibility index (Phi) is 4.66. The summed E-state index contributed by atoms with van der Waals surface area (Å²) in [7, 11) is -3.30. The van der Waals surface area contributed by atoms with Crippen molar-refractivity contribution in [2.75, 3.05) is 5.75 Å². The van der Waals surface area contributed by atoms with Gasteiger partial charge in [-0.15, -0.1) is 0 Å². The monoisotopic (exact) mass is 285 g/mol. The molecule has 1 amide bonds. The molecule has 0 unspecified atom stereocenters. The van der Waals surface area contributed by atoms with E-state index in [0.29, 0.717) is 0 Å². The van der Waals surface area contributed by atoms with Gasteiger partial charge in [-0.3, -0.25) is 9.59 Å². The Balaban J connectivity index is 2.88. The molecule has 0 aliphatic carbocycles. The molecular weight excluding hydrogens is 270 g/mol. The third kappa shape index (κ3) is 3.78. The van der Waals surface area contributed by atoms with Crippen LogP contribution in [0.3, 0.4) is 0 Å². The van der Waals surface area contributed by atoms with E-state index in [1.807, 2.05) is 0 Å². The number of carbonyl (C=O) groups excluding carboxylic acids is 1. The average Bonchev–Trinajstić information content (AvgIpc) is 2.38. The fourth-order valence-electron chi connectivity index (χ4n) is 1.32. The van der Waals surface area contributed by atoms with Gasteiger partial charge in [0, 0.05) is 5.56 Å². The molecule has 0 heterocycles. The highest BCUT2D eigenvalue weighted by atomic mass is 32.2. The Morgan fingerprint density at radius 2 is 1.79 bits per heavy atom. The first-order valence-corrected chi connectivity index (χ1v) is 7.29. The first-order chi connectivity index (χ1) is 8.77. The van der Waals surface area contributed by atoms with E-state index in [-0.39, 0.29) is 16.2 Å². The van der Waals surface area contributed by atoms with E-state index >= 15 is 0 Å². The van der Waals surface area contributed by atoms with Gasteiger partial charge in [-0.2, -0.15) is 0 Å². The number of sulfone groups is 1. The van der Waals surface area contributed by atoms with Crippen molar-refractivity contribution in [1.29, 1.82) is 0 Å². The van der Waals surface area contributed by atoms with E-state index in [2.05, 4.69) is 5.32 Å². The van der Waals surface area contributed by atoms with Crippen molar-refractivity contribution in [2.45, 2.75) is 24.8 Å². The van der Waals surface area contributed by atoms with Crippen molar-refractivity contribution >= 4 is 21.7 Å². The van der Waals surface area contributed by atoms with Crippen molar-refractivity contribution in [3.63, 3.8) is 0 Å². The lowest BCUT2D eigenvalue weighted by Crippen LogP contribution is -2.38. The zero-order chi connectivity index (χ0) is 14.6. The second-order valence-electron chi connectivity index (χ2n) is 3.96. The topological polar surface area (TPSA) is 101 Å². The summed E-state index contributed by atoms with van der Waals surface area (Å²) in [6.45, 7) is 2.88. The molecule has 104 valence electrons. The number of carbonyl (C=O) groups is 2. The fraction of sp³-hybridized carbons (Fsp3) is 0.333. The number of amides is 1. The summed E-state index contributed by atoms with van der Waals surface area (Å²) < 4.78 is 23.1. The highest BCUT2D eigenvalue weighted by Crippen LogP contribution is 2.12. The molecule has 6 nitrogen and oxygen atoms in total. The molecule has 0 saturated heterocycles. The maximum Gasteiger partial charge on any atom is 0.325 e. The molecule has 0 aliphatic heterocycles. The van der Waals surface area contributed by atoms with Gasteiger partial charge in [0.15, 0.2) is 9.84 Å². The molecule has 0 fully saturated rings. The van der Waals surface area contributed by atoms with Crippen LogP contribution in [0.2, 0.25) is 0 Å². The Hall–Kier alpha value is -1.89. The smallest absolute Gasteiger partial charge is 0.325 e. The predicted molar refractivity (Wildman–Crippen MR) is 68.7 cm³/mol. The van der Waals surface area contributed by atoms with Gasteiger partial charge < -0.3 is 10.4 Å². The van der Waals surface area contributed by atoms with Gasteiger partial charge in [0.2, 0.25) is 0 Å². The number of hydrogen-bond donors (Lipinski definition) is 2. The van der Waals surface area contributed by atoms with Crippen molar-refractivity contribution in [1.82, 2.24) is 5.32 Å². The molecule has 0 saturated carbocycles. The SMILES string of the molecule is CCS(=O)(=O)c1ccc(C(=O)N[C@@H](C)C(=O)O)cc1. The predicted octanol–water partition coefficient (Wildman–Crippen LogP) is 0.683. The molecule has 0 aliphatic rings. The van der Waals surface area contributed by atoms with E-state index in [9.17, 15) is 18.0 Å². The van der Waals surface area contributed by atoms with E-state index in [1.54, 1.807) is 0 Å². The third-order valence-electron chi connectivity index (χ3n) is 2.57. The lowest BCUT2D eigenvalue weighted by Gasteiger charge is -2.09. The van der Waals surface area contributed by atoms with Gasteiger partial charge in [0.25, 0.3) is 5.91 Å². The Morgan fingerprint density at radius 1 is 1.26 bits per heavy atom. The second kappa shape index (κ2) is 5.83. The molecule has 1 atom stereocenters. The van der Waals surface area contributed by atoms with Crippen LogP contribution >= 0.6 is 0 Å². The standard InChI is InChI=1S/C12H15NO5S/c1-3-19(17,18)10-6-4-9(5-7-10)11(14)13-8(2)12(15)16/h4-8H,3H2,1-2H3,(H,13,14)(H,15,16)/t8-/m0/s1. The van der Waals surface area contributed by atoms with E-state index in [0.717, 1.165) is 0 Å². The maximum atomic E-state index is 11.7. The molecule has 0 aromatic heterocycles. The van der Waals surface area contributed by atoms with E-state index < -0.39 is 27.8 Å². The van der Waals surface area contributed by atoms with Gasteiger partial charge in [-0.25, -0.2) is 8.42 Å². The van der Waals surface area contributed by atoms with E-state index in [1.165, 1.54) is 38.1 Å². The summed E-state index contributed by atoms with van der Waals surface area (Å²) in [6, 6.07) is 4.36. The normalized spacial score (nSPS) is 12.7. The summed E-state index contributed by atoms with van der Waals surface area (Å²) in [6.07, 6.45) is 0. The molecular formula is C12H15NO5S. The summed E-state index contributed by atoms with van der Waals surface area (Å²) >= 11 is 0. The zero-order valence-corrected chi connectivity index (χ0v) is 11.4. The van der Waals surface area contributed by atoms with Gasteiger partial charge in [0.05, 0.1) is 10.6 Å². The third-order valence-corrected chi connectivity index (χ3v) is 4.32. The molecule has 2 N–H and O–H groups in total. The molecule has 7 heteroatoms. The van der Waals surface area contributed by atoms with Crippen LogP contribution in [0, 0.1) is 0 Å². The quantitative estimate of drug-likeness (QED) is 0.828. The summed E-state index contributed by atoms with van der Waals surface area (Å²) in [5.74, 6) is -1.72. The van der Waals surface area contributed by atoms with Crippen LogP contribution in [-0.4, -0.2) is 37.2 Å². The number of nitrogens with one attached hydrogen (secondary N) is 1. The molecule has 1 aromatic rings. The van der Waals surface area contributed by atoms with Gasteiger partial charge >= 0.3 is 5.97 Å². The van der Waals surface area contributed by atoms with Crippen molar-refractivity contribution in [2.24, 2.45) is 0 Å². The minimum atomic E-state index is -3.30. The number of carboxylic acids is 1. The minimum absolute atomic E-state index is 0.0193. The Morgan fingerprint density at radius 3 is 2.21 bits per heavy atom. The number of rotatable bonds is 5. The highest BCUT2D eigenvalue weighted by molar-refractivity contribution is 7.91. The minimum Gasteiger partial charge on any atom is -0.480 e. The number of carboxylic acid groups (broad SMARTS) is 1. The van der Waals surface area contributed by atoms with Crippen LogP contribution in [0.5, 0.6) is 0 Å². The van der Waals surface area contributed by atoms with Gasteiger partial charge in [-0.05, 0) is 31.2 Å². The second-order valence-corrected chi connectivity index (χ2v) is 6.24. The Bertz CT molecular complexity index is 577. The summed E-state index contributed by atoms with van der Waals surface area (Å²) in [4.78, 5) is 22.4. The van der Waals surface area contributed by atoms with Crippen LogP contribution < -0.4 is 5.32 Å². The molecule has 1 aromatic carbocycles. The molecule has 0 bridgehead atoms. The first-order valence-electron chi connectivity index (χ1n) is 5.64. The van der Waals surface area contributed by atoms with Crippen molar-refractivity contribution < 1.29 is 23.1 Å². The van der Waals surface area contributed by atoms with Crippen LogP contribution in [-0.2, 0) is 14.6 Å². The van der Waals surface area contributed by atoms with E-state index in [4.69, 9.17) is 5.11 Å². The van der Waals surface area contributed by atoms with Crippen LogP contribution in [0.4, 0.5) is 0 Å². The Labute approximate surface area is 111 Å². The summed E-state index contributed by atoms with van der Waals surface area (Å²) in [5.41, 5.74) is 0.211.